The fourth-order valence-corrected chi connectivity index (χ4v) is 2.29. The lowest BCUT2D eigenvalue weighted by atomic mass is 9.87. The molecule has 5 nitrogen and oxygen atoms in total. The van der Waals surface area contributed by atoms with Crippen molar-refractivity contribution < 1.29 is 14.3 Å². The molecule has 0 bridgehead atoms. The third-order valence-corrected chi connectivity index (χ3v) is 3.31. The summed E-state index contributed by atoms with van der Waals surface area (Å²) >= 11 is 0. The van der Waals surface area contributed by atoms with Gasteiger partial charge in [-0.1, -0.05) is 6.42 Å². The summed E-state index contributed by atoms with van der Waals surface area (Å²) in [5, 5.41) is 11.7. The predicted octanol–water partition coefficient (Wildman–Crippen LogP) is 1.92. The van der Waals surface area contributed by atoms with Crippen molar-refractivity contribution in [2.24, 2.45) is 5.92 Å². The molecule has 0 aromatic rings. The van der Waals surface area contributed by atoms with Gasteiger partial charge in [-0.3, -0.25) is 9.59 Å². The Morgan fingerprint density at radius 2 is 2.05 bits per heavy atom. The van der Waals surface area contributed by atoms with Crippen LogP contribution in [-0.2, 0) is 14.3 Å². The van der Waals surface area contributed by atoms with Gasteiger partial charge in [0.1, 0.15) is 6.10 Å². The van der Waals surface area contributed by atoms with Crippen LogP contribution in [0.2, 0.25) is 0 Å². The Hall–Kier alpha value is -1.57. The first-order chi connectivity index (χ1) is 9.17. The van der Waals surface area contributed by atoms with Gasteiger partial charge in [0, 0.05) is 19.4 Å². The number of esters is 1. The van der Waals surface area contributed by atoms with Crippen LogP contribution in [0.1, 0.15) is 51.9 Å². The van der Waals surface area contributed by atoms with E-state index in [2.05, 4.69) is 11.4 Å². The number of nitriles is 1. The summed E-state index contributed by atoms with van der Waals surface area (Å²) in [5.41, 5.74) is 0. The highest BCUT2D eigenvalue weighted by Gasteiger charge is 2.27. The van der Waals surface area contributed by atoms with Crippen molar-refractivity contribution >= 4 is 11.9 Å². The molecule has 0 radical (unpaired) electrons. The number of carbonyl (C=O) groups is 2. The van der Waals surface area contributed by atoms with Crippen LogP contribution >= 0.6 is 0 Å². The van der Waals surface area contributed by atoms with Crippen molar-refractivity contribution in [3.05, 3.63) is 0 Å². The van der Waals surface area contributed by atoms with Crippen molar-refractivity contribution in [1.29, 1.82) is 5.26 Å². The van der Waals surface area contributed by atoms with E-state index >= 15 is 0 Å². The van der Waals surface area contributed by atoms with Crippen LogP contribution in [0.15, 0.2) is 0 Å². The zero-order valence-electron chi connectivity index (χ0n) is 11.5. The molecule has 19 heavy (non-hydrogen) atoms. The zero-order chi connectivity index (χ0) is 14.1. The number of hydrogen-bond acceptors (Lipinski definition) is 4. The average molecular weight is 266 g/mol. The molecule has 2 atom stereocenters. The summed E-state index contributed by atoms with van der Waals surface area (Å²) in [7, 11) is 0. The largest absolute Gasteiger partial charge is 0.461 e. The third kappa shape index (κ3) is 5.73. The number of rotatable bonds is 6. The molecular formula is C14H22N2O3. The molecule has 1 aliphatic carbocycles. The minimum Gasteiger partial charge on any atom is -0.461 e. The first kappa shape index (κ1) is 15.5. The van der Waals surface area contributed by atoms with Gasteiger partial charge >= 0.3 is 5.97 Å². The van der Waals surface area contributed by atoms with E-state index in [-0.39, 0.29) is 30.3 Å². The third-order valence-electron chi connectivity index (χ3n) is 3.31. The SMILES string of the molecule is CCNC(=O)CCCC(=O)O[C@H]1CCCC[C@H]1C#N. The van der Waals surface area contributed by atoms with E-state index in [0.29, 0.717) is 19.4 Å². The van der Waals surface area contributed by atoms with E-state index in [1.165, 1.54) is 0 Å². The van der Waals surface area contributed by atoms with Crippen molar-refractivity contribution in [1.82, 2.24) is 5.32 Å². The van der Waals surface area contributed by atoms with Crippen molar-refractivity contribution in [2.75, 3.05) is 6.54 Å². The van der Waals surface area contributed by atoms with Crippen LogP contribution in [0.25, 0.3) is 0 Å². The first-order valence-corrected chi connectivity index (χ1v) is 7.03. The number of carbonyl (C=O) groups excluding carboxylic acids is 2. The second kappa shape index (κ2) is 8.52. The van der Waals surface area contributed by atoms with Crippen LogP contribution in [-0.4, -0.2) is 24.5 Å². The molecule has 0 spiro atoms. The standard InChI is InChI=1S/C14H22N2O3/c1-2-16-13(17)8-5-9-14(18)19-12-7-4-3-6-11(12)10-15/h11-12H,2-9H2,1H3,(H,16,17)/t11-,12-/m0/s1. The van der Waals surface area contributed by atoms with Gasteiger partial charge in [0.15, 0.2) is 0 Å². The second-order valence-electron chi connectivity index (χ2n) is 4.86. The molecule has 1 rings (SSSR count). The lowest BCUT2D eigenvalue weighted by Crippen LogP contribution is -2.29. The molecule has 0 heterocycles. The van der Waals surface area contributed by atoms with Crippen LogP contribution < -0.4 is 5.32 Å². The Morgan fingerprint density at radius 3 is 2.74 bits per heavy atom. The normalized spacial score (nSPS) is 22.3. The number of nitrogens with one attached hydrogen (secondary N) is 1. The van der Waals surface area contributed by atoms with Crippen LogP contribution in [0.3, 0.4) is 0 Å². The van der Waals surface area contributed by atoms with Crippen LogP contribution in [0.5, 0.6) is 0 Å². The molecule has 0 aromatic carbocycles. The summed E-state index contributed by atoms with van der Waals surface area (Å²) in [6.45, 7) is 2.46. The molecule has 1 saturated carbocycles. The number of amides is 1. The molecule has 1 fully saturated rings. The Balaban J connectivity index is 2.23. The highest BCUT2D eigenvalue weighted by molar-refractivity contribution is 5.76. The van der Waals surface area contributed by atoms with Gasteiger partial charge in [-0.2, -0.15) is 5.26 Å². The Bertz CT molecular complexity index is 349. The first-order valence-electron chi connectivity index (χ1n) is 7.03. The van der Waals surface area contributed by atoms with Gasteiger partial charge in [-0.15, -0.1) is 0 Å². The summed E-state index contributed by atoms with van der Waals surface area (Å²) in [5.74, 6) is -0.500. The number of nitrogens with zero attached hydrogens (tertiary/aromatic N) is 1. The zero-order valence-corrected chi connectivity index (χ0v) is 11.5. The smallest absolute Gasteiger partial charge is 0.306 e. The van der Waals surface area contributed by atoms with Crippen molar-refractivity contribution in [3.8, 4) is 6.07 Å². The van der Waals surface area contributed by atoms with Crippen molar-refractivity contribution in [2.45, 2.75) is 58.0 Å². The van der Waals surface area contributed by atoms with E-state index in [9.17, 15) is 9.59 Å². The molecule has 0 saturated heterocycles. The summed E-state index contributed by atoms with van der Waals surface area (Å²) < 4.78 is 5.34. The van der Waals surface area contributed by atoms with Crippen LogP contribution in [0, 0.1) is 17.2 Å². The monoisotopic (exact) mass is 266 g/mol. The highest BCUT2D eigenvalue weighted by atomic mass is 16.5. The van der Waals surface area contributed by atoms with Gasteiger partial charge in [0.05, 0.1) is 12.0 Å². The molecule has 5 heteroatoms. The van der Waals surface area contributed by atoms with E-state index in [1.54, 1.807) is 0 Å². The van der Waals surface area contributed by atoms with Gasteiger partial charge < -0.3 is 10.1 Å². The summed E-state index contributed by atoms with van der Waals surface area (Å²) in [6, 6.07) is 2.21. The topological polar surface area (TPSA) is 79.2 Å². The molecule has 0 aliphatic heterocycles. The number of ether oxygens (including phenoxy) is 1. The molecule has 1 aliphatic rings. The van der Waals surface area contributed by atoms with E-state index in [1.807, 2.05) is 6.92 Å². The Labute approximate surface area is 114 Å². The maximum atomic E-state index is 11.6. The molecule has 0 unspecified atom stereocenters. The van der Waals surface area contributed by atoms with Crippen LogP contribution in [0.4, 0.5) is 0 Å². The lowest BCUT2D eigenvalue weighted by Gasteiger charge is -2.26. The second-order valence-corrected chi connectivity index (χ2v) is 4.86. The van der Waals surface area contributed by atoms with E-state index in [0.717, 1.165) is 25.7 Å². The van der Waals surface area contributed by atoms with E-state index < -0.39 is 0 Å². The fraction of sp³-hybridized carbons (Fsp3) is 0.786. The molecule has 1 N–H and O–H groups in total. The van der Waals surface area contributed by atoms with Gasteiger partial charge in [0.25, 0.3) is 0 Å². The molecule has 106 valence electrons. The Morgan fingerprint density at radius 1 is 1.32 bits per heavy atom. The quantitative estimate of drug-likeness (QED) is 0.745. The molecule has 0 aromatic heterocycles. The highest BCUT2D eigenvalue weighted by Crippen LogP contribution is 2.26. The molecule has 1 amide bonds. The maximum Gasteiger partial charge on any atom is 0.306 e. The van der Waals surface area contributed by atoms with Gasteiger partial charge in [0.2, 0.25) is 5.91 Å². The van der Waals surface area contributed by atoms with Gasteiger partial charge in [-0.25, -0.2) is 0 Å². The Kier molecular flexibility index (Phi) is 6.94. The minimum atomic E-state index is -0.295. The fourth-order valence-electron chi connectivity index (χ4n) is 2.29. The average Bonchev–Trinajstić information content (AvgIpc) is 2.39. The minimum absolute atomic E-state index is 0.0390. The number of hydrogen-bond donors (Lipinski definition) is 1. The lowest BCUT2D eigenvalue weighted by molar-refractivity contribution is -0.152. The maximum absolute atomic E-state index is 11.6. The summed E-state index contributed by atoms with van der Waals surface area (Å²) in [4.78, 5) is 22.9. The van der Waals surface area contributed by atoms with Crippen molar-refractivity contribution in [3.63, 3.8) is 0 Å². The predicted molar refractivity (Wildman–Crippen MR) is 70.0 cm³/mol. The molecular weight excluding hydrogens is 244 g/mol. The van der Waals surface area contributed by atoms with Gasteiger partial charge in [-0.05, 0) is 32.6 Å². The van der Waals surface area contributed by atoms with E-state index in [4.69, 9.17) is 10.00 Å². The summed E-state index contributed by atoms with van der Waals surface area (Å²) in [6.07, 6.45) is 4.46.